The summed E-state index contributed by atoms with van der Waals surface area (Å²) in [7, 11) is 3.24. The summed E-state index contributed by atoms with van der Waals surface area (Å²) in [4.78, 5) is 9.12. The summed E-state index contributed by atoms with van der Waals surface area (Å²) in [5, 5.41) is 3.61. The number of hydrogen-bond donors (Lipinski definition) is 1. The number of rotatable bonds is 8. The van der Waals surface area contributed by atoms with Gasteiger partial charge in [0.1, 0.15) is 0 Å². The number of nitrogens with zero attached hydrogens (tertiary/aromatic N) is 2. The molecule has 1 aliphatic carbocycles. The quantitative estimate of drug-likeness (QED) is 0.662. The van der Waals surface area contributed by atoms with E-state index in [1.807, 2.05) is 24.5 Å². The Kier molecular flexibility index (Phi) is 6.54. The lowest BCUT2D eigenvalue weighted by atomic mass is 9.68. The molecular weight excluding hydrogens is 378 g/mol. The zero-order chi connectivity index (χ0) is 20.9. The molecule has 0 unspecified atom stereocenters. The highest BCUT2D eigenvalue weighted by atomic mass is 16.5. The Bertz CT molecular complexity index is 824. The van der Waals surface area contributed by atoms with E-state index in [2.05, 4.69) is 22.4 Å². The SMILES string of the molecule is COc1cc(CNCC[C@]2(c3ccccn3)CCOC3(CCCC3)C2)cnc1OC. The minimum atomic E-state index is 0.0586. The minimum absolute atomic E-state index is 0.0586. The molecule has 30 heavy (non-hydrogen) atoms. The van der Waals surface area contributed by atoms with Crippen molar-refractivity contribution in [2.75, 3.05) is 27.4 Å². The molecular formula is C24H33N3O3. The summed E-state index contributed by atoms with van der Waals surface area (Å²) in [5.74, 6) is 1.17. The van der Waals surface area contributed by atoms with E-state index < -0.39 is 0 Å². The molecule has 1 saturated heterocycles. The van der Waals surface area contributed by atoms with Crippen molar-refractivity contribution >= 4 is 0 Å². The molecule has 0 amide bonds. The first-order valence-corrected chi connectivity index (χ1v) is 11.0. The highest BCUT2D eigenvalue weighted by molar-refractivity contribution is 5.36. The summed E-state index contributed by atoms with van der Waals surface area (Å²) >= 11 is 0. The second kappa shape index (κ2) is 9.31. The van der Waals surface area contributed by atoms with E-state index in [0.717, 1.165) is 44.5 Å². The Morgan fingerprint density at radius 3 is 2.70 bits per heavy atom. The van der Waals surface area contributed by atoms with Crippen LogP contribution in [0.15, 0.2) is 36.7 Å². The van der Waals surface area contributed by atoms with Crippen LogP contribution in [0.25, 0.3) is 0 Å². The third-order valence-electron chi connectivity index (χ3n) is 6.77. The number of aromatic nitrogens is 2. The van der Waals surface area contributed by atoms with Crippen molar-refractivity contribution in [2.24, 2.45) is 0 Å². The van der Waals surface area contributed by atoms with E-state index in [9.17, 15) is 0 Å². The first-order chi connectivity index (χ1) is 14.7. The van der Waals surface area contributed by atoms with Crippen LogP contribution in [0, 0.1) is 0 Å². The Labute approximate surface area is 179 Å². The van der Waals surface area contributed by atoms with E-state index >= 15 is 0 Å². The molecule has 2 aliphatic rings. The fourth-order valence-electron chi connectivity index (χ4n) is 5.23. The fourth-order valence-corrected chi connectivity index (χ4v) is 5.23. The lowest BCUT2D eigenvalue weighted by Gasteiger charge is -2.46. The third kappa shape index (κ3) is 4.44. The molecule has 3 heterocycles. The number of nitrogens with one attached hydrogen (secondary N) is 1. The van der Waals surface area contributed by atoms with E-state index in [-0.39, 0.29) is 11.0 Å². The molecule has 2 aromatic rings. The van der Waals surface area contributed by atoms with E-state index in [0.29, 0.717) is 11.6 Å². The van der Waals surface area contributed by atoms with Crippen LogP contribution in [0.4, 0.5) is 0 Å². The molecule has 1 atom stereocenters. The standard InChI is InChI=1S/C24H33N3O3/c1-28-20-15-19(17-27-22(20)29-2)16-25-13-10-23(21-7-3-6-12-26-21)11-14-30-24(18-23)8-4-5-9-24/h3,6-7,12,15,17,25H,4-5,8-11,13-14,16,18H2,1-2H3/t23-/m0/s1. The van der Waals surface area contributed by atoms with Gasteiger partial charge in [0.15, 0.2) is 5.75 Å². The van der Waals surface area contributed by atoms with Gasteiger partial charge in [-0.3, -0.25) is 4.98 Å². The van der Waals surface area contributed by atoms with Crippen LogP contribution >= 0.6 is 0 Å². The van der Waals surface area contributed by atoms with E-state index in [1.165, 1.54) is 31.4 Å². The molecule has 1 spiro atoms. The van der Waals surface area contributed by atoms with Crippen LogP contribution in [-0.4, -0.2) is 42.9 Å². The maximum Gasteiger partial charge on any atom is 0.256 e. The fraction of sp³-hybridized carbons (Fsp3) is 0.583. The molecule has 0 bridgehead atoms. The monoisotopic (exact) mass is 411 g/mol. The van der Waals surface area contributed by atoms with Crippen molar-refractivity contribution in [3.05, 3.63) is 47.9 Å². The molecule has 1 saturated carbocycles. The average molecular weight is 412 g/mol. The van der Waals surface area contributed by atoms with Crippen LogP contribution in [0.3, 0.4) is 0 Å². The lowest BCUT2D eigenvalue weighted by Crippen LogP contribution is -2.47. The zero-order valence-corrected chi connectivity index (χ0v) is 18.2. The van der Waals surface area contributed by atoms with Gasteiger partial charge in [-0.25, -0.2) is 4.98 Å². The summed E-state index contributed by atoms with van der Waals surface area (Å²) in [5.41, 5.74) is 2.43. The first-order valence-electron chi connectivity index (χ1n) is 11.0. The predicted octanol–water partition coefficient (Wildman–Crippen LogP) is 4.03. The highest BCUT2D eigenvalue weighted by Crippen LogP contribution is 2.49. The molecule has 162 valence electrons. The molecule has 4 rings (SSSR count). The van der Waals surface area contributed by atoms with Crippen molar-refractivity contribution in [1.82, 2.24) is 15.3 Å². The zero-order valence-electron chi connectivity index (χ0n) is 18.2. The molecule has 1 aliphatic heterocycles. The van der Waals surface area contributed by atoms with Crippen LogP contribution in [0.5, 0.6) is 11.6 Å². The molecule has 6 heteroatoms. The van der Waals surface area contributed by atoms with E-state index in [1.54, 1.807) is 14.2 Å². The second-order valence-electron chi connectivity index (χ2n) is 8.64. The Morgan fingerprint density at radius 1 is 1.10 bits per heavy atom. The van der Waals surface area contributed by atoms with Crippen LogP contribution in [0.1, 0.15) is 56.2 Å². The lowest BCUT2D eigenvalue weighted by molar-refractivity contribution is -0.104. The van der Waals surface area contributed by atoms with Gasteiger partial charge in [0.25, 0.3) is 5.88 Å². The van der Waals surface area contributed by atoms with Crippen molar-refractivity contribution in [3.8, 4) is 11.6 Å². The van der Waals surface area contributed by atoms with Gasteiger partial charge in [0.2, 0.25) is 0 Å². The van der Waals surface area contributed by atoms with Gasteiger partial charge in [0, 0.05) is 36.7 Å². The van der Waals surface area contributed by atoms with Crippen molar-refractivity contribution in [2.45, 2.75) is 62.5 Å². The first kappa shape index (κ1) is 21.1. The van der Waals surface area contributed by atoms with Gasteiger partial charge in [-0.2, -0.15) is 0 Å². The second-order valence-corrected chi connectivity index (χ2v) is 8.64. The van der Waals surface area contributed by atoms with Gasteiger partial charge in [-0.1, -0.05) is 18.9 Å². The molecule has 0 radical (unpaired) electrons. The summed E-state index contributed by atoms with van der Waals surface area (Å²) in [6, 6.07) is 8.30. The maximum absolute atomic E-state index is 6.34. The summed E-state index contributed by atoms with van der Waals surface area (Å²) in [6.45, 7) is 2.49. The van der Waals surface area contributed by atoms with E-state index in [4.69, 9.17) is 19.2 Å². The predicted molar refractivity (Wildman–Crippen MR) is 116 cm³/mol. The minimum Gasteiger partial charge on any atom is -0.491 e. The van der Waals surface area contributed by atoms with Crippen molar-refractivity contribution < 1.29 is 14.2 Å². The number of methoxy groups -OCH3 is 2. The summed E-state index contributed by atoms with van der Waals surface area (Å²) < 4.78 is 16.9. The largest absolute Gasteiger partial charge is 0.491 e. The molecule has 2 fully saturated rings. The molecule has 0 aromatic carbocycles. The molecule has 2 aromatic heterocycles. The average Bonchev–Trinajstić information content (AvgIpc) is 3.24. The molecule has 1 N–H and O–H groups in total. The van der Waals surface area contributed by atoms with Crippen molar-refractivity contribution in [1.29, 1.82) is 0 Å². The van der Waals surface area contributed by atoms with Gasteiger partial charge >= 0.3 is 0 Å². The van der Waals surface area contributed by atoms with Gasteiger partial charge in [0.05, 0.1) is 19.8 Å². The molecule has 6 nitrogen and oxygen atoms in total. The van der Waals surface area contributed by atoms with Crippen LogP contribution < -0.4 is 14.8 Å². The van der Waals surface area contributed by atoms with Crippen LogP contribution in [-0.2, 0) is 16.7 Å². The number of hydrogen-bond acceptors (Lipinski definition) is 6. The van der Waals surface area contributed by atoms with Gasteiger partial charge in [-0.05, 0) is 62.4 Å². The Balaban J connectivity index is 1.43. The topological polar surface area (TPSA) is 65.5 Å². The summed E-state index contributed by atoms with van der Waals surface area (Å²) in [6.07, 6.45) is 11.9. The number of ether oxygens (including phenoxy) is 3. The number of pyridine rings is 2. The van der Waals surface area contributed by atoms with Gasteiger partial charge in [-0.15, -0.1) is 0 Å². The third-order valence-corrected chi connectivity index (χ3v) is 6.77. The maximum atomic E-state index is 6.34. The van der Waals surface area contributed by atoms with Crippen LogP contribution in [0.2, 0.25) is 0 Å². The Morgan fingerprint density at radius 2 is 1.97 bits per heavy atom. The van der Waals surface area contributed by atoms with Gasteiger partial charge < -0.3 is 19.5 Å². The Hall–Kier alpha value is -2.18. The smallest absolute Gasteiger partial charge is 0.256 e. The highest BCUT2D eigenvalue weighted by Gasteiger charge is 2.48. The van der Waals surface area contributed by atoms with Crippen molar-refractivity contribution in [3.63, 3.8) is 0 Å². The normalized spacial score (nSPS) is 22.9.